The second-order valence-corrected chi connectivity index (χ2v) is 3.96. The smallest absolute Gasteiger partial charge is 0.229 e. The van der Waals surface area contributed by atoms with E-state index in [2.05, 4.69) is 5.32 Å². The molecule has 0 heterocycles. The van der Waals surface area contributed by atoms with E-state index in [1.165, 1.54) is 6.07 Å². The van der Waals surface area contributed by atoms with Gasteiger partial charge in [0.25, 0.3) is 0 Å². The molecule has 1 aliphatic carbocycles. The summed E-state index contributed by atoms with van der Waals surface area (Å²) >= 11 is 0. The number of anilines is 1. The Labute approximate surface area is 87.5 Å². The second-order valence-electron chi connectivity index (χ2n) is 3.96. The first-order valence-electron chi connectivity index (χ1n) is 4.90. The molecule has 0 saturated heterocycles. The maximum Gasteiger partial charge on any atom is 0.229 e. The molecule has 2 unspecified atom stereocenters. The van der Waals surface area contributed by atoms with E-state index in [4.69, 9.17) is 5.73 Å². The molecule has 15 heavy (non-hydrogen) atoms. The Balaban J connectivity index is 2.04. The van der Waals surface area contributed by atoms with Crippen LogP contribution >= 0.6 is 0 Å². The van der Waals surface area contributed by atoms with E-state index in [1.807, 2.05) is 0 Å². The second kappa shape index (κ2) is 3.62. The van der Waals surface area contributed by atoms with E-state index in [-0.39, 0.29) is 23.7 Å². The van der Waals surface area contributed by atoms with Gasteiger partial charge in [0.1, 0.15) is 5.82 Å². The Hall–Kier alpha value is -1.42. The summed E-state index contributed by atoms with van der Waals surface area (Å²) in [4.78, 5) is 11.5. The summed E-state index contributed by atoms with van der Waals surface area (Å²) in [5, 5.41) is 2.72. The van der Waals surface area contributed by atoms with Crippen molar-refractivity contribution in [2.24, 2.45) is 11.7 Å². The van der Waals surface area contributed by atoms with Gasteiger partial charge in [-0.05, 0) is 37.1 Å². The predicted molar refractivity (Wildman–Crippen MR) is 55.8 cm³/mol. The third-order valence-corrected chi connectivity index (χ3v) is 2.60. The summed E-state index contributed by atoms with van der Waals surface area (Å²) in [6.45, 7) is 1.66. The minimum Gasteiger partial charge on any atom is -0.327 e. The van der Waals surface area contributed by atoms with Crippen LogP contribution in [0.3, 0.4) is 0 Å². The van der Waals surface area contributed by atoms with Gasteiger partial charge in [-0.3, -0.25) is 4.79 Å². The molecule has 3 N–H and O–H groups in total. The number of carbonyl (C=O) groups is 1. The Morgan fingerprint density at radius 1 is 1.60 bits per heavy atom. The Kier molecular flexibility index (Phi) is 2.44. The standard InChI is InChI=1S/C11H13FN2O/c1-6-4-7(2-3-9(6)12)14-11(15)8-5-10(8)13/h2-4,8,10H,5,13H2,1H3,(H,14,15). The van der Waals surface area contributed by atoms with Crippen LogP contribution in [0.4, 0.5) is 10.1 Å². The first-order valence-corrected chi connectivity index (χ1v) is 4.90. The van der Waals surface area contributed by atoms with Crippen molar-refractivity contribution in [2.75, 3.05) is 5.32 Å². The number of nitrogens with two attached hydrogens (primary N) is 1. The molecule has 0 bridgehead atoms. The molecule has 1 amide bonds. The fourth-order valence-electron chi connectivity index (χ4n) is 1.47. The van der Waals surface area contributed by atoms with Gasteiger partial charge in [-0.1, -0.05) is 0 Å². The van der Waals surface area contributed by atoms with Crippen LogP contribution in [-0.2, 0) is 4.79 Å². The van der Waals surface area contributed by atoms with Crippen LogP contribution in [0.1, 0.15) is 12.0 Å². The number of carbonyl (C=O) groups excluding carboxylic acids is 1. The minimum absolute atomic E-state index is 0.00783. The van der Waals surface area contributed by atoms with Gasteiger partial charge in [0.15, 0.2) is 0 Å². The number of benzene rings is 1. The first kappa shape index (κ1) is 10.1. The van der Waals surface area contributed by atoms with Crippen molar-refractivity contribution in [3.8, 4) is 0 Å². The highest BCUT2D eigenvalue weighted by molar-refractivity contribution is 5.94. The predicted octanol–water partition coefficient (Wildman–Crippen LogP) is 1.42. The zero-order valence-corrected chi connectivity index (χ0v) is 8.46. The fraction of sp³-hybridized carbons (Fsp3) is 0.364. The van der Waals surface area contributed by atoms with Crippen LogP contribution in [0.5, 0.6) is 0 Å². The van der Waals surface area contributed by atoms with E-state index in [9.17, 15) is 9.18 Å². The third-order valence-electron chi connectivity index (χ3n) is 2.60. The fourth-order valence-corrected chi connectivity index (χ4v) is 1.47. The van der Waals surface area contributed by atoms with E-state index in [1.54, 1.807) is 19.1 Å². The van der Waals surface area contributed by atoms with Gasteiger partial charge in [0.2, 0.25) is 5.91 Å². The highest BCUT2D eigenvalue weighted by Gasteiger charge is 2.39. The van der Waals surface area contributed by atoms with Crippen molar-refractivity contribution in [3.63, 3.8) is 0 Å². The molecule has 1 fully saturated rings. The number of hydrogen-bond donors (Lipinski definition) is 2. The summed E-state index contributed by atoms with van der Waals surface area (Å²) in [7, 11) is 0. The molecule has 3 nitrogen and oxygen atoms in total. The van der Waals surface area contributed by atoms with Crippen molar-refractivity contribution in [1.82, 2.24) is 0 Å². The monoisotopic (exact) mass is 208 g/mol. The molecular formula is C11H13FN2O. The molecule has 1 aliphatic rings. The summed E-state index contributed by atoms with van der Waals surface area (Å²) in [6, 6.07) is 4.50. The Bertz CT molecular complexity index is 406. The number of halogens is 1. The molecule has 1 saturated carbocycles. The molecule has 0 spiro atoms. The first-order chi connectivity index (χ1) is 7.08. The number of aryl methyl sites for hydroxylation is 1. The SMILES string of the molecule is Cc1cc(NC(=O)C2CC2N)ccc1F. The zero-order valence-electron chi connectivity index (χ0n) is 8.46. The number of amides is 1. The number of hydrogen-bond acceptors (Lipinski definition) is 2. The summed E-state index contributed by atoms with van der Waals surface area (Å²) in [5.41, 5.74) is 6.70. The largest absolute Gasteiger partial charge is 0.327 e. The lowest BCUT2D eigenvalue weighted by Gasteiger charge is -2.05. The van der Waals surface area contributed by atoms with Gasteiger partial charge in [0, 0.05) is 11.7 Å². The highest BCUT2D eigenvalue weighted by atomic mass is 19.1. The van der Waals surface area contributed by atoms with Gasteiger partial charge < -0.3 is 11.1 Å². The van der Waals surface area contributed by atoms with Gasteiger partial charge in [-0.25, -0.2) is 4.39 Å². The lowest BCUT2D eigenvalue weighted by molar-refractivity contribution is -0.117. The van der Waals surface area contributed by atoms with Crippen molar-refractivity contribution < 1.29 is 9.18 Å². The molecule has 1 aromatic rings. The van der Waals surface area contributed by atoms with E-state index < -0.39 is 0 Å². The van der Waals surface area contributed by atoms with Crippen molar-refractivity contribution in [2.45, 2.75) is 19.4 Å². The van der Waals surface area contributed by atoms with Gasteiger partial charge in [0.05, 0.1) is 5.92 Å². The maximum absolute atomic E-state index is 12.9. The topological polar surface area (TPSA) is 55.1 Å². The molecule has 1 aromatic carbocycles. The molecule has 2 atom stereocenters. The molecule has 2 rings (SSSR count). The molecule has 80 valence electrons. The van der Waals surface area contributed by atoms with Crippen molar-refractivity contribution >= 4 is 11.6 Å². The van der Waals surface area contributed by atoms with E-state index in [0.29, 0.717) is 11.3 Å². The lowest BCUT2D eigenvalue weighted by Crippen LogP contribution is -2.18. The van der Waals surface area contributed by atoms with Crippen LogP contribution < -0.4 is 11.1 Å². The summed E-state index contributed by atoms with van der Waals surface area (Å²) in [6.07, 6.45) is 0.742. The maximum atomic E-state index is 12.9. The van der Waals surface area contributed by atoms with E-state index in [0.717, 1.165) is 6.42 Å². The average molecular weight is 208 g/mol. The van der Waals surface area contributed by atoms with Gasteiger partial charge in [-0.2, -0.15) is 0 Å². The Morgan fingerprint density at radius 2 is 2.27 bits per heavy atom. The van der Waals surface area contributed by atoms with Gasteiger partial charge >= 0.3 is 0 Å². The molecular weight excluding hydrogens is 195 g/mol. The normalized spacial score (nSPS) is 23.7. The summed E-state index contributed by atoms with van der Waals surface area (Å²) in [5.74, 6) is -0.417. The molecule has 4 heteroatoms. The minimum atomic E-state index is -0.267. The summed E-state index contributed by atoms with van der Waals surface area (Å²) < 4.78 is 12.9. The van der Waals surface area contributed by atoms with Gasteiger partial charge in [-0.15, -0.1) is 0 Å². The average Bonchev–Trinajstić information content (AvgIpc) is 2.89. The van der Waals surface area contributed by atoms with Crippen LogP contribution in [0, 0.1) is 18.7 Å². The van der Waals surface area contributed by atoms with Crippen LogP contribution in [0.2, 0.25) is 0 Å². The molecule has 0 radical (unpaired) electrons. The third kappa shape index (κ3) is 2.15. The lowest BCUT2D eigenvalue weighted by atomic mass is 10.2. The highest BCUT2D eigenvalue weighted by Crippen LogP contribution is 2.29. The van der Waals surface area contributed by atoms with Crippen molar-refractivity contribution in [3.05, 3.63) is 29.6 Å². The van der Waals surface area contributed by atoms with Crippen LogP contribution in [0.25, 0.3) is 0 Å². The quantitative estimate of drug-likeness (QED) is 0.772. The van der Waals surface area contributed by atoms with E-state index >= 15 is 0 Å². The molecule has 0 aliphatic heterocycles. The van der Waals surface area contributed by atoms with Crippen LogP contribution in [0.15, 0.2) is 18.2 Å². The van der Waals surface area contributed by atoms with Crippen molar-refractivity contribution in [1.29, 1.82) is 0 Å². The Morgan fingerprint density at radius 3 is 2.80 bits per heavy atom. The number of rotatable bonds is 2. The zero-order chi connectivity index (χ0) is 11.0. The van der Waals surface area contributed by atoms with Crippen LogP contribution in [-0.4, -0.2) is 11.9 Å². The molecule has 0 aromatic heterocycles. The number of nitrogens with one attached hydrogen (secondary N) is 1.